The first-order valence-corrected chi connectivity index (χ1v) is 6.67. The Bertz CT molecular complexity index is 544. The first-order valence-electron chi connectivity index (χ1n) is 6.29. The highest BCUT2D eigenvalue weighted by molar-refractivity contribution is 6.28. The second kappa shape index (κ2) is 6.16. The molecule has 0 radical (unpaired) electrons. The zero-order chi connectivity index (χ0) is 13.8. The third-order valence-electron chi connectivity index (χ3n) is 3.19. The number of nitrogens with zero attached hydrogens (tertiary/aromatic N) is 4. The van der Waals surface area contributed by atoms with Crippen LogP contribution in [0, 0.1) is 0 Å². The first-order chi connectivity index (χ1) is 9.17. The predicted molar refractivity (Wildman–Crippen MR) is 75.7 cm³/mol. The van der Waals surface area contributed by atoms with Crippen LogP contribution in [0.2, 0.25) is 5.28 Å². The number of hydrogen-bond donors (Lipinski definition) is 1. The topological polar surface area (TPSA) is 66.9 Å². The van der Waals surface area contributed by atoms with E-state index in [1.54, 1.807) is 13.3 Å². The summed E-state index contributed by atoms with van der Waals surface area (Å²) in [5, 5.41) is 7.93. The fourth-order valence-electron chi connectivity index (χ4n) is 1.96. The monoisotopic (exact) mass is 283 g/mol. The number of halogens is 1. The second-order valence-corrected chi connectivity index (χ2v) is 4.73. The third-order valence-corrected chi connectivity index (χ3v) is 3.36. The van der Waals surface area contributed by atoms with Crippen LogP contribution < -0.4 is 4.90 Å². The molecular formula is C12H18ClN5O. The standard InChI is InChI=1S/C12H18ClN5O/c1-4-8(2)18(5-6-19-3)11-9-7-14-17-10(9)15-12(13)16-11/h7-8H,4-6H2,1-3H3,(H,14,15,16,17). The summed E-state index contributed by atoms with van der Waals surface area (Å²) in [6.07, 6.45) is 2.73. The van der Waals surface area contributed by atoms with Gasteiger partial charge in [-0.2, -0.15) is 15.1 Å². The quantitative estimate of drug-likeness (QED) is 0.824. The van der Waals surface area contributed by atoms with Crippen LogP contribution >= 0.6 is 11.6 Å². The van der Waals surface area contributed by atoms with Crippen LogP contribution in [0.4, 0.5) is 5.82 Å². The molecule has 19 heavy (non-hydrogen) atoms. The summed E-state index contributed by atoms with van der Waals surface area (Å²) >= 11 is 5.98. The van der Waals surface area contributed by atoms with Gasteiger partial charge in [0, 0.05) is 19.7 Å². The van der Waals surface area contributed by atoms with Crippen molar-refractivity contribution in [3.05, 3.63) is 11.5 Å². The van der Waals surface area contributed by atoms with E-state index in [4.69, 9.17) is 16.3 Å². The molecule has 0 amide bonds. The minimum atomic E-state index is 0.220. The maximum absolute atomic E-state index is 5.98. The molecule has 0 bridgehead atoms. The molecule has 1 atom stereocenters. The Morgan fingerprint density at radius 3 is 2.95 bits per heavy atom. The predicted octanol–water partition coefficient (Wildman–Crippen LogP) is 2.26. The Balaban J connectivity index is 2.44. The van der Waals surface area contributed by atoms with Crippen molar-refractivity contribution in [3.8, 4) is 0 Å². The summed E-state index contributed by atoms with van der Waals surface area (Å²) in [6.45, 7) is 5.67. The number of aromatic amines is 1. The zero-order valence-corrected chi connectivity index (χ0v) is 12.1. The van der Waals surface area contributed by atoms with Crippen LogP contribution in [-0.4, -0.2) is 46.5 Å². The number of methoxy groups -OCH3 is 1. The van der Waals surface area contributed by atoms with Crippen molar-refractivity contribution in [2.45, 2.75) is 26.3 Å². The largest absolute Gasteiger partial charge is 0.383 e. The summed E-state index contributed by atoms with van der Waals surface area (Å²) in [6, 6.07) is 0.333. The zero-order valence-electron chi connectivity index (χ0n) is 11.4. The summed E-state index contributed by atoms with van der Waals surface area (Å²) in [5.41, 5.74) is 0.653. The highest BCUT2D eigenvalue weighted by atomic mass is 35.5. The van der Waals surface area contributed by atoms with Gasteiger partial charge in [0.25, 0.3) is 0 Å². The van der Waals surface area contributed by atoms with E-state index in [0.717, 1.165) is 24.2 Å². The molecule has 2 rings (SSSR count). The van der Waals surface area contributed by atoms with Crippen molar-refractivity contribution in [3.63, 3.8) is 0 Å². The van der Waals surface area contributed by atoms with Gasteiger partial charge in [-0.15, -0.1) is 0 Å². The van der Waals surface area contributed by atoms with Gasteiger partial charge in [-0.25, -0.2) is 0 Å². The summed E-state index contributed by atoms with van der Waals surface area (Å²) in [7, 11) is 1.69. The summed E-state index contributed by atoms with van der Waals surface area (Å²) in [4.78, 5) is 10.7. The fourth-order valence-corrected chi connectivity index (χ4v) is 2.12. The Hall–Kier alpha value is -1.40. The van der Waals surface area contributed by atoms with Gasteiger partial charge in [-0.1, -0.05) is 6.92 Å². The van der Waals surface area contributed by atoms with Gasteiger partial charge in [-0.3, -0.25) is 5.10 Å². The molecular weight excluding hydrogens is 266 g/mol. The molecule has 0 saturated carbocycles. The van der Waals surface area contributed by atoms with Crippen molar-refractivity contribution < 1.29 is 4.74 Å². The SMILES string of the molecule is CCC(C)N(CCOC)c1nc(Cl)nc2[nH]ncc12. The molecule has 2 aromatic heterocycles. The van der Waals surface area contributed by atoms with Crippen molar-refractivity contribution in [1.82, 2.24) is 20.2 Å². The van der Waals surface area contributed by atoms with Gasteiger partial charge in [0.1, 0.15) is 5.82 Å². The number of anilines is 1. The number of rotatable bonds is 6. The fraction of sp³-hybridized carbons (Fsp3) is 0.583. The molecule has 0 fully saturated rings. The minimum Gasteiger partial charge on any atom is -0.383 e. The van der Waals surface area contributed by atoms with Gasteiger partial charge >= 0.3 is 0 Å². The maximum Gasteiger partial charge on any atom is 0.226 e. The molecule has 0 aliphatic carbocycles. The van der Waals surface area contributed by atoms with Crippen LogP contribution in [0.5, 0.6) is 0 Å². The van der Waals surface area contributed by atoms with Crippen molar-refractivity contribution in [2.75, 3.05) is 25.2 Å². The molecule has 0 aromatic carbocycles. The molecule has 1 N–H and O–H groups in total. The lowest BCUT2D eigenvalue weighted by Gasteiger charge is -2.29. The molecule has 1 unspecified atom stereocenters. The Labute approximate surface area is 117 Å². The van der Waals surface area contributed by atoms with E-state index in [9.17, 15) is 0 Å². The average Bonchev–Trinajstić information content (AvgIpc) is 2.86. The molecule has 0 spiro atoms. The normalized spacial score (nSPS) is 12.8. The van der Waals surface area contributed by atoms with Gasteiger partial charge < -0.3 is 9.64 Å². The number of hydrogen-bond acceptors (Lipinski definition) is 5. The smallest absolute Gasteiger partial charge is 0.226 e. The van der Waals surface area contributed by atoms with Gasteiger partial charge in [-0.05, 0) is 24.9 Å². The number of nitrogens with one attached hydrogen (secondary N) is 1. The summed E-state index contributed by atoms with van der Waals surface area (Å²) in [5.74, 6) is 0.801. The lowest BCUT2D eigenvalue weighted by atomic mass is 10.2. The van der Waals surface area contributed by atoms with Crippen molar-refractivity contribution >= 4 is 28.5 Å². The molecule has 0 aliphatic heterocycles. The number of ether oxygens (including phenoxy) is 1. The van der Waals surface area contributed by atoms with E-state index in [2.05, 4.69) is 38.9 Å². The molecule has 0 saturated heterocycles. The van der Waals surface area contributed by atoms with Crippen LogP contribution in [-0.2, 0) is 4.74 Å². The van der Waals surface area contributed by atoms with E-state index >= 15 is 0 Å². The van der Waals surface area contributed by atoms with Gasteiger partial charge in [0.2, 0.25) is 5.28 Å². The highest BCUT2D eigenvalue weighted by Crippen LogP contribution is 2.26. The molecule has 0 aliphatic rings. The lowest BCUT2D eigenvalue weighted by molar-refractivity contribution is 0.203. The Morgan fingerprint density at radius 2 is 2.26 bits per heavy atom. The number of aromatic nitrogens is 4. The Morgan fingerprint density at radius 1 is 1.47 bits per heavy atom. The summed E-state index contributed by atoms with van der Waals surface area (Å²) < 4.78 is 5.17. The lowest BCUT2D eigenvalue weighted by Crippen LogP contribution is -2.36. The van der Waals surface area contributed by atoms with Crippen LogP contribution in [0.25, 0.3) is 11.0 Å². The average molecular weight is 284 g/mol. The third kappa shape index (κ3) is 2.96. The molecule has 104 valence electrons. The van der Waals surface area contributed by atoms with E-state index < -0.39 is 0 Å². The van der Waals surface area contributed by atoms with Crippen molar-refractivity contribution in [1.29, 1.82) is 0 Å². The van der Waals surface area contributed by atoms with Crippen LogP contribution in [0.15, 0.2) is 6.20 Å². The Kier molecular flexibility index (Phi) is 4.55. The van der Waals surface area contributed by atoms with Gasteiger partial charge in [0.15, 0.2) is 5.65 Å². The van der Waals surface area contributed by atoms with E-state index in [-0.39, 0.29) is 5.28 Å². The van der Waals surface area contributed by atoms with E-state index in [1.165, 1.54) is 0 Å². The van der Waals surface area contributed by atoms with Crippen molar-refractivity contribution in [2.24, 2.45) is 0 Å². The molecule has 6 nitrogen and oxygen atoms in total. The second-order valence-electron chi connectivity index (χ2n) is 4.39. The van der Waals surface area contributed by atoms with E-state index in [0.29, 0.717) is 18.3 Å². The maximum atomic E-state index is 5.98. The van der Waals surface area contributed by atoms with Gasteiger partial charge in [0.05, 0.1) is 18.2 Å². The molecule has 7 heteroatoms. The number of fused-ring (bicyclic) bond motifs is 1. The molecule has 2 heterocycles. The van der Waals surface area contributed by atoms with E-state index in [1.807, 2.05) is 0 Å². The van der Waals surface area contributed by atoms with Crippen LogP contribution in [0.1, 0.15) is 20.3 Å². The number of H-pyrrole nitrogens is 1. The first kappa shape index (κ1) is 14.0. The minimum absolute atomic E-state index is 0.220. The van der Waals surface area contributed by atoms with Crippen LogP contribution in [0.3, 0.4) is 0 Å². The molecule has 2 aromatic rings. The highest BCUT2D eigenvalue weighted by Gasteiger charge is 2.19.